The molecular weight excluding hydrogens is 208 g/mol. The summed E-state index contributed by atoms with van der Waals surface area (Å²) in [4.78, 5) is 3.09. The molecule has 0 spiro atoms. The van der Waals surface area contributed by atoms with Crippen molar-refractivity contribution in [2.45, 2.75) is 6.92 Å². The van der Waals surface area contributed by atoms with Crippen molar-refractivity contribution in [1.29, 1.82) is 0 Å². The summed E-state index contributed by atoms with van der Waals surface area (Å²) in [5.74, 6) is 0. The first-order valence-electron chi connectivity index (χ1n) is 3.32. The fourth-order valence-electron chi connectivity index (χ4n) is 1.09. The summed E-state index contributed by atoms with van der Waals surface area (Å²) in [6.45, 7) is 2.08. The molecule has 0 aliphatic heterocycles. The van der Waals surface area contributed by atoms with Gasteiger partial charge in [-0.2, -0.15) is 17.5 Å². The van der Waals surface area contributed by atoms with Crippen molar-refractivity contribution in [3.05, 3.63) is 36.0 Å². The van der Waals surface area contributed by atoms with Crippen LogP contribution >= 0.6 is 0 Å². The zero-order valence-electron chi connectivity index (χ0n) is 6.81. The smallest absolute Gasteiger partial charge is 0.424 e. The van der Waals surface area contributed by atoms with Crippen LogP contribution in [0.4, 0.5) is 0 Å². The van der Waals surface area contributed by atoms with Crippen molar-refractivity contribution >= 4 is 10.9 Å². The molecule has 2 rings (SSSR count). The Hall–Kier alpha value is 0.565. The number of H-pyrrole nitrogens is 1. The molecule has 11 heavy (non-hydrogen) atoms. The van der Waals surface area contributed by atoms with Gasteiger partial charge in [-0.15, -0.1) is 5.56 Å². The quantitative estimate of drug-likeness (QED) is 0.559. The maximum absolute atomic E-state index is 3.10. The van der Waals surface area contributed by atoms with Gasteiger partial charge in [-0.05, 0) is 0 Å². The Labute approximate surface area is 115 Å². The van der Waals surface area contributed by atoms with Crippen LogP contribution in [-0.2, 0) is 0 Å². The molecule has 0 unspecified atom stereocenters. The first-order valence-corrected chi connectivity index (χ1v) is 3.32. The molecule has 0 aliphatic rings. The third kappa shape index (κ3) is 2.02. The predicted molar refractivity (Wildman–Crippen MR) is 41.9 cm³/mol. The second kappa shape index (κ2) is 3.99. The Morgan fingerprint density at radius 3 is 3.00 bits per heavy atom. The second-order valence-corrected chi connectivity index (χ2v) is 2.48. The number of nitrogens with one attached hydrogen (secondary N) is 1. The zero-order chi connectivity index (χ0) is 6.97. The van der Waals surface area contributed by atoms with Crippen LogP contribution in [0, 0.1) is 13.0 Å². The molecule has 1 N–H and O–H groups in total. The van der Waals surface area contributed by atoms with E-state index in [1.165, 1.54) is 10.9 Å². The van der Waals surface area contributed by atoms with Crippen molar-refractivity contribution in [2.24, 2.45) is 0 Å². The summed E-state index contributed by atoms with van der Waals surface area (Å²) in [6.07, 6.45) is 1.84. The standard InChI is InChI=1S/C9H8N.Rb/c1-7-2-3-9-8(6-7)4-5-10-9;/h2-3,5-6,10H,1H3;/q-1;+1. The minimum atomic E-state index is 0. The van der Waals surface area contributed by atoms with Gasteiger partial charge in [0.1, 0.15) is 0 Å². The number of benzene rings is 1. The van der Waals surface area contributed by atoms with Crippen LogP contribution in [0.2, 0.25) is 0 Å². The molecule has 1 heterocycles. The number of hydrogen-bond donors (Lipinski definition) is 1. The number of aryl methyl sites for hydroxylation is 1. The third-order valence-corrected chi connectivity index (χ3v) is 1.63. The van der Waals surface area contributed by atoms with Gasteiger partial charge < -0.3 is 4.98 Å². The Morgan fingerprint density at radius 1 is 1.36 bits per heavy atom. The summed E-state index contributed by atoms with van der Waals surface area (Å²) in [6, 6.07) is 9.38. The van der Waals surface area contributed by atoms with Crippen molar-refractivity contribution in [3.8, 4) is 0 Å². The minimum Gasteiger partial charge on any atom is -0.424 e. The molecule has 0 saturated carbocycles. The number of hydrogen-bond acceptors (Lipinski definition) is 0. The molecule has 1 aromatic carbocycles. The second-order valence-electron chi connectivity index (χ2n) is 2.48. The van der Waals surface area contributed by atoms with E-state index >= 15 is 0 Å². The van der Waals surface area contributed by atoms with E-state index in [0.29, 0.717) is 0 Å². The van der Waals surface area contributed by atoms with Crippen LogP contribution in [-0.4, -0.2) is 4.98 Å². The molecule has 0 fully saturated rings. The maximum atomic E-state index is 3.10. The molecule has 2 heteroatoms. The fourth-order valence-corrected chi connectivity index (χ4v) is 1.09. The van der Waals surface area contributed by atoms with Crippen molar-refractivity contribution in [1.82, 2.24) is 4.98 Å². The van der Waals surface area contributed by atoms with Gasteiger partial charge >= 0.3 is 58.2 Å². The van der Waals surface area contributed by atoms with E-state index in [9.17, 15) is 0 Å². The van der Waals surface area contributed by atoms with Crippen LogP contribution in [0.5, 0.6) is 0 Å². The molecule has 50 valence electrons. The fraction of sp³-hybridized carbons (Fsp3) is 0.111. The summed E-state index contributed by atoms with van der Waals surface area (Å²) >= 11 is 0. The van der Waals surface area contributed by atoms with Gasteiger partial charge in [0.15, 0.2) is 0 Å². The van der Waals surface area contributed by atoms with Gasteiger partial charge in [-0.3, -0.25) is 0 Å². The van der Waals surface area contributed by atoms with Gasteiger partial charge in [-0.1, -0.05) is 30.8 Å². The van der Waals surface area contributed by atoms with E-state index in [-0.39, 0.29) is 58.2 Å². The average Bonchev–Trinajstić information content (AvgIpc) is 2.33. The molecule has 1 nitrogen and oxygen atoms in total. The monoisotopic (exact) mass is 215 g/mol. The number of aromatic nitrogens is 1. The summed E-state index contributed by atoms with van der Waals surface area (Å²) in [5, 5.41) is 1.17. The molecule has 0 saturated heterocycles. The molecule has 0 bridgehead atoms. The zero-order valence-corrected chi connectivity index (χ0v) is 11.7. The summed E-state index contributed by atoms with van der Waals surface area (Å²) in [5.41, 5.74) is 2.44. The maximum Gasteiger partial charge on any atom is 1.00 e. The van der Waals surface area contributed by atoms with E-state index in [1.54, 1.807) is 0 Å². The Bertz CT molecular complexity index is 351. The van der Waals surface area contributed by atoms with E-state index < -0.39 is 0 Å². The largest absolute Gasteiger partial charge is 1.00 e. The van der Waals surface area contributed by atoms with Crippen LogP contribution in [0.25, 0.3) is 10.9 Å². The number of rotatable bonds is 0. The van der Waals surface area contributed by atoms with E-state index in [4.69, 9.17) is 0 Å². The average molecular weight is 216 g/mol. The molecule has 0 aliphatic carbocycles. The van der Waals surface area contributed by atoms with E-state index in [2.05, 4.69) is 36.2 Å². The third-order valence-electron chi connectivity index (χ3n) is 1.63. The van der Waals surface area contributed by atoms with Crippen molar-refractivity contribution in [3.63, 3.8) is 0 Å². The number of aromatic amines is 1. The summed E-state index contributed by atoms with van der Waals surface area (Å²) < 4.78 is 0. The summed E-state index contributed by atoms with van der Waals surface area (Å²) in [7, 11) is 0. The van der Waals surface area contributed by atoms with Crippen LogP contribution < -0.4 is 58.2 Å². The van der Waals surface area contributed by atoms with Crippen LogP contribution in [0.15, 0.2) is 24.4 Å². The van der Waals surface area contributed by atoms with Gasteiger partial charge in [-0.25, -0.2) is 0 Å². The van der Waals surface area contributed by atoms with Crippen molar-refractivity contribution in [2.75, 3.05) is 0 Å². The Morgan fingerprint density at radius 2 is 2.18 bits per heavy atom. The number of fused-ring (bicyclic) bond motifs is 1. The normalized spacial score (nSPS) is 9.55. The van der Waals surface area contributed by atoms with Gasteiger partial charge in [0.25, 0.3) is 0 Å². The molecule has 1 aromatic heterocycles. The Kier molecular flexibility index (Phi) is 3.50. The van der Waals surface area contributed by atoms with Gasteiger partial charge in [0.05, 0.1) is 0 Å². The van der Waals surface area contributed by atoms with Crippen LogP contribution in [0.3, 0.4) is 0 Å². The molecule has 0 amide bonds. The van der Waals surface area contributed by atoms with Gasteiger partial charge in [0, 0.05) is 0 Å². The topological polar surface area (TPSA) is 15.8 Å². The molecule has 0 atom stereocenters. The van der Waals surface area contributed by atoms with Gasteiger partial charge in [0.2, 0.25) is 0 Å². The molecular formula is C9H8NRb. The molecule has 0 radical (unpaired) electrons. The first-order chi connectivity index (χ1) is 4.86. The van der Waals surface area contributed by atoms with E-state index in [1.807, 2.05) is 6.20 Å². The van der Waals surface area contributed by atoms with E-state index in [0.717, 1.165) is 5.52 Å². The Balaban J connectivity index is 0.000000605. The molecule has 2 aromatic rings. The minimum absolute atomic E-state index is 0. The van der Waals surface area contributed by atoms with Crippen LogP contribution in [0.1, 0.15) is 5.56 Å². The predicted octanol–water partition coefficient (Wildman–Crippen LogP) is -0.719. The van der Waals surface area contributed by atoms with Crippen molar-refractivity contribution < 1.29 is 58.2 Å². The SMILES string of the molecule is Cc1ccc2[nH]c[c-]c2c1.[Rb+]. The first kappa shape index (κ1) is 9.65.